The van der Waals surface area contributed by atoms with Gasteiger partial charge in [0.15, 0.2) is 0 Å². The molecule has 3 N–H and O–H groups in total. The van der Waals surface area contributed by atoms with Crippen molar-refractivity contribution < 1.29 is 5.11 Å². The van der Waals surface area contributed by atoms with Crippen LogP contribution in [0.1, 0.15) is 5.69 Å². The van der Waals surface area contributed by atoms with Gasteiger partial charge in [0.05, 0.1) is 18.6 Å². The van der Waals surface area contributed by atoms with E-state index in [1.54, 1.807) is 6.33 Å². The SMILES string of the molecule is NCc1cn(CCO)cn1. The summed E-state index contributed by atoms with van der Waals surface area (Å²) < 4.78 is 1.81. The summed E-state index contributed by atoms with van der Waals surface area (Å²) in [5, 5.41) is 8.52. The van der Waals surface area contributed by atoms with Crippen LogP contribution in [0.3, 0.4) is 0 Å². The number of hydrogen-bond acceptors (Lipinski definition) is 3. The number of aliphatic hydroxyl groups is 1. The smallest absolute Gasteiger partial charge is 0.0950 e. The third-order valence-corrected chi connectivity index (χ3v) is 1.25. The number of hydrogen-bond donors (Lipinski definition) is 2. The molecular weight excluding hydrogens is 130 g/mol. The summed E-state index contributed by atoms with van der Waals surface area (Å²) in [7, 11) is 0. The molecule has 4 nitrogen and oxygen atoms in total. The molecule has 4 heteroatoms. The van der Waals surface area contributed by atoms with E-state index in [1.165, 1.54) is 0 Å². The molecule has 0 fully saturated rings. The van der Waals surface area contributed by atoms with Crippen molar-refractivity contribution in [2.75, 3.05) is 6.61 Å². The molecule has 0 saturated heterocycles. The fraction of sp³-hybridized carbons (Fsp3) is 0.500. The maximum Gasteiger partial charge on any atom is 0.0950 e. The number of nitrogens with zero attached hydrogens (tertiary/aromatic N) is 2. The van der Waals surface area contributed by atoms with Gasteiger partial charge in [0.1, 0.15) is 0 Å². The van der Waals surface area contributed by atoms with E-state index in [0.29, 0.717) is 13.1 Å². The molecule has 0 saturated carbocycles. The zero-order valence-corrected chi connectivity index (χ0v) is 5.70. The lowest BCUT2D eigenvalue weighted by Crippen LogP contribution is -1.99. The van der Waals surface area contributed by atoms with Crippen LogP contribution in [0.2, 0.25) is 0 Å². The zero-order valence-electron chi connectivity index (χ0n) is 5.70. The number of aliphatic hydroxyl groups excluding tert-OH is 1. The molecule has 56 valence electrons. The Bertz CT molecular complexity index is 197. The Hall–Kier alpha value is -0.870. The topological polar surface area (TPSA) is 64.1 Å². The standard InChI is InChI=1S/C6H11N3O/c7-3-6-4-9(1-2-10)5-8-6/h4-5,10H,1-3,7H2. The summed E-state index contributed by atoms with van der Waals surface area (Å²) in [5.74, 6) is 0. The second-order valence-corrected chi connectivity index (χ2v) is 2.03. The van der Waals surface area contributed by atoms with Crippen LogP contribution in [0.5, 0.6) is 0 Å². The van der Waals surface area contributed by atoms with E-state index in [4.69, 9.17) is 10.8 Å². The third-order valence-electron chi connectivity index (χ3n) is 1.25. The average Bonchev–Trinajstić information content (AvgIpc) is 2.37. The first-order valence-electron chi connectivity index (χ1n) is 3.18. The second-order valence-electron chi connectivity index (χ2n) is 2.03. The highest BCUT2D eigenvalue weighted by Crippen LogP contribution is 1.92. The minimum absolute atomic E-state index is 0.139. The molecule has 0 atom stereocenters. The molecule has 0 amide bonds. The average molecular weight is 141 g/mol. The Morgan fingerprint density at radius 2 is 2.50 bits per heavy atom. The van der Waals surface area contributed by atoms with Crippen LogP contribution in [0.15, 0.2) is 12.5 Å². The molecule has 0 spiro atoms. The van der Waals surface area contributed by atoms with E-state index >= 15 is 0 Å². The Balaban J connectivity index is 2.59. The van der Waals surface area contributed by atoms with E-state index < -0.39 is 0 Å². The molecule has 0 radical (unpaired) electrons. The largest absolute Gasteiger partial charge is 0.395 e. The minimum Gasteiger partial charge on any atom is -0.395 e. The summed E-state index contributed by atoms with van der Waals surface area (Å²) in [5.41, 5.74) is 6.18. The fourth-order valence-corrected chi connectivity index (χ4v) is 0.750. The molecule has 1 rings (SSSR count). The van der Waals surface area contributed by atoms with E-state index in [-0.39, 0.29) is 6.61 Å². The molecule has 10 heavy (non-hydrogen) atoms. The number of nitrogens with two attached hydrogens (primary N) is 1. The molecule has 0 aromatic carbocycles. The van der Waals surface area contributed by atoms with Crippen molar-refractivity contribution in [3.8, 4) is 0 Å². The van der Waals surface area contributed by atoms with Crippen molar-refractivity contribution in [3.63, 3.8) is 0 Å². The molecule has 0 aliphatic heterocycles. The highest BCUT2D eigenvalue weighted by molar-refractivity contribution is 4.94. The highest BCUT2D eigenvalue weighted by atomic mass is 16.3. The first-order valence-corrected chi connectivity index (χ1v) is 3.18. The zero-order chi connectivity index (χ0) is 7.40. The Morgan fingerprint density at radius 3 is 3.00 bits per heavy atom. The first-order chi connectivity index (χ1) is 4.86. The second kappa shape index (κ2) is 3.34. The van der Waals surface area contributed by atoms with E-state index in [0.717, 1.165) is 5.69 Å². The van der Waals surface area contributed by atoms with Gasteiger partial charge in [-0.15, -0.1) is 0 Å². The summed E-state index contributed by atoms with van der Waals surface area (Å²) in [4.78, 5) is 3.98. The van der Waals surface area contributed by atoms with Crippen LogP contribution in [0.4, 0.5) is 0 Å². The number of imidazole rings is 1. The molecule has 1 aromatic heterocycles. The monoisotopic (exact) mass is 141 g/mol. The van der Waals surface area contributed by atoms with E-state index in [9.17, 15) is 0 Å². The molecule has 1 aromatic rings. The Morgan fingerprint density at radius 1 is 1.70 bits per heavy atom. The van der Waals surface area contributed by atoms with E-state index in [2.05, 4.69) is 4.98 Å². The van der Waals surface area contributed by atoms with Crippen LogP contribution in [-0.2, 0) is 13.1 Å². The van der Waals surface area contributed by atoms with Gasteiger partial charge in [0.25, 0.3) is 0 Å². The van der Waals surface area contributed by atoms with Crippen molar-refractivity contribution in [1.82, 2.24) is 9.55 Å². The number of rotatable bonds is 3. The predicted molar refractivity (Wildman–Crippen MR) is 37.2 cm³/mol. The lowest BCUT2D eigenvalue weighted by Gasteiger charge is -1.93. The highest BCUT2D eigenvalue weighted by Gasteiger charge is 1.93. The van der Waals surface area contributed by atoms with Crippen molar-refractivity contribution >= 4 is 0 Å². The maximum atomic E-state index is 8.52. The summed E-state index contributed by atoms with van der Waals surface area (Å²) in [6, 6.07) is 0. The van der Waals surface area contributed by atoms with Crippen LogP contribution < -0.4 is 5.73 Å². The molecule has 0 unspecified atom stereocenters. The van der Waals surface area contributed by atoms with Gasteiger partial charge in [-0.3, -0.25) is 0 Å². The molecule has 0 bridgehead atoms. The van der Waals surface area contributed by atoms with Gasteiger partial charge in [0.2, 0.25) is 0 Å². The minimum atomic E-state index is 0.139. The lowest BCUT2D eigenvalue weighted by molar-refractivity contribution is 0.276. The van der Waals surface area contributed by atoms with Gasteiger partial charge >= 0.3 is 0 Å². The lowest BCUT2D eigenvalue weighted by atomic mass is 10.5. The van der Waals surface area contributed by atoms with Crippen molar-refractivity contribution in [2.45, 2.75) is 13.1 Å². The van der Waals surface area contributed by atoms with Crippen LogP contribution in [-0.4, -0.2) is 21.3 Å². The van der Waals surface area contributed by atoms with Gasteiger partial charge in [0, 0.05) is 19.3 Å². The predicted octanol–water partition coefficient (Wildman–Crippen LogP) is -0.666. The van der Waals surface area contributed by atoms with Crippen molar-refractivity contribution in [1.29, 1.82) is 0 Å². The first kappa shape index (κ1) is 7.24. The summed E-state index contributed by atoms with van der Waals surface area (Å²) >= 11 is 0. The molecule has 1 heterocycles. The Kier molecular flexibility index (Phi) is 2.42. The van der Waals surface area contributed by atoms with Crippen molar-refractivity contribution in [3.05, 3.63) is 18.2 Å². The molecular formula is C6H11N3O. The van der Waals surface area contributed by atoms with E-state index in [1.807, 2.05) is 10.8 Å². The summed E-state index contributed by atoms with van der Waals surface area (Å²) in [6.45, 7) is 1.19. The fourth-order valence-electron chi connectivity index (χ4n) is 0.750. The van der Waals surface area contributed by atoms with Gasteiger partial charge in [-0.2, -0.15) is 0 Å². The third kappa shape index (κ3) is 1.55. The van der Waals surface area contributed by atoms with Crippen LogP contribution >= 0.6 is 0 Å². The Labute approximate surface area is 59.3 Å². The summed E-state index contributed by atoms with van der Waals surface area (Å²) in [6.07, 6.45) is 3.49. The quantitative estimate of drug-likeness (QED) is 0.587. The van der Waals surface area contributed by atoms with Gasteiger partial charge in [-0.1, -0.05) is 0 Å². The molecule has 0 aliphatic carbocycles. The molecule has 0 aliphatic rings. The van der Waals surface area contributed by atoms with Gasteiger partial charge in [-0.25, -0.2) is 4.98 Å². The number of aromatic nitrogens is 2. The van der Waals surface area contributed by atoms with Crippen molar-refractivity contribution in [2.24, 2.45) is 5.73 Å². The normalized spacial score (nSPS) is 10.2. The van der Waals surface area contributed by atoms with Crippen LogP contribution in [0.25, 0.3) is 0 Å². The maximum absolute atomic E-state index is 8.52. The van der Waals surface area contributed by atoms with Gasteiger partial charge in [-0.05, 0) is 0 Å². The van der Waals surface area contributed by atoms with Crippen LogP contribution in [0, 0.1) is 0 Å². The van der Waals surface area contributed by atoms with Gasteiger partial charge < -0.3 is 15.4 Å².